The number of nitrogens with two attached hydrogens (primary N) is 4. The van der Waals surface area contributed by atoms with E-state index in [-0.39, 0.29) is 24.9 Å². The van der Waals surface area contributed by atoms with Crippen LogP contribution in [0.25, 0.3) is 0 Å². The lowest BCUT2D eigenvalue weighted by Gasteiger charge is -2.39. The summed E-state index contributed by atoms with van der Waals surface area (Å²) in [7, 11) is 0. The van der Waals surface area contributed by atoms with Gasteiger partial charge in [0, 0.05) is 62.9 Å². The first-order valence-electron chi connectivity index (χ1n) is 20.2. The zero-order valence-electron chi connectivity index (χ0n) is 32.5. The minimum absolute atomic E-state index is 0.0955. The first kappa shape index (κ1) is 45.5. The molecule has 2 amide bonds. The van der Waals surface area contributed by atoms with Gasteiger partial charge in [-0.05, 0) is 51.4 Å². The molecule has 0 aromatic carbocycles. The minimum Gasteiger partial charge on any atom is -0.389 e. The molecule has 2 aromatic rings. The van der Waals surface area contributed by atoms with E-state index in [0.29, 0.717) is 64.8 Å². The van der Waals surface area contributed by atoms with Gasteiger partial charge in [0.1, 0.15) is 37.5 Å². The molecule has 0 unspecified atom stereocenters. The van der Waals surface area contributed by atoms with Gasteiger partial charge in [0.2, 0.25) is 11.8 Å². The zero-order valence-corrected chi connectivity index (χ0v) is 32.5. The normalized spacial score (nSPS) is 28.0. The standard InChI is InChI=1S/C36H66N12O8/c37-25-17-27(39)35(33(53)31(25)51)55-15-9-11-23-19-47(45-43-23)21-29(49)41-13-7-5-3-1-2-4-6-8-14-42-30(50)22-48-20-24(44-46-48)12-10-16-56-36-28(40)18-26(38)32(52)34(36)54/h19-20,25-28,31-36,51-54H,1-18,21-22,37-40H2,(H,41,49)(H,42,50)/t25-,26-,27+,28+,31+,32+,33-,34-,35-,36-/m1/s1. The number of hydrogen-bond acceptors (Lipinski definition) is 16. The Hall–Kier alpha value is -3.18. The lowest BCUT2D eigenvalue weighted by molar-refractivity contribution is -0.127. The van der Waals surface area contributed by atoms with Crippen LogP contribution in [0.2, 0.25) is 0 Å². The average Bonchev–Trinajstić information content (AvgIpc) is 3.81. The van der Waals surface area contributed by atoms with Crippen molar-refractivity contribution in [3.8, 4) is 0 Å². The molecular weight excluding hydrogens is 728 g/mol. The summed E-state index contributed by atoms with van der Waals surface area (Å²) in [4.78, 5) is 24.7. The van der Waals surface area contributed by atoms with Crippen LogP contribution in [0.4, 0.5) is 0 Å². The quantitative estimate of drug-likeness (QED) is 0.0451. The number of carbonyl (C=O) groups excluding carboxylic acids is 2. The fourth-order valence-corrected chi connectivity index (χ4v) is 7.20. The summed E-state index contributed by atoms with van der Waals surface area (Å²) < 4.78 is 14.5. The fraction of sp³-hybridized carbons (Fsp3) is 0.833. The Morgan fingerprint density at radius 2 is 0.964 bits per heavy atom. The maximum Gasteiger partial charge on any atom is 0.241 e. The molecule has 0 aliphatic heterocycles. The van der Waals surface area contributed by atoms with Gasteiger partial charge < -0.3 is 63.5 Å². The molecule has 0 radical (unpaired) electrons. The molecule has 10 atom stereocenters. The van der Waals surface area contributed by atoms with Crippen LogP contribution in [0, 0.1) is 0 Å². The fourth-order valence-electron chi connectivity index (χ4n) is 7.20. The number of amides is 2. The second-order valence-electron chi connectivity index (χ2n) is 15.3. The second kappa shape index (κ2) is 23.9. The monoisotopic (exact) mass is 795 g/mol. The van der Waals surface area contributed by atoms with Crippen LogP contribution >= 0.6 is 0 Å². The number of unbranched alkanes of at least 4 members (excludes halogenated alkanes) is 7. The molecular formula is C36H66N12O8. The van der Waals surface area contributed by atoms with Crippen LogP contribution in [0.3, 0.4) is 0 Å². The summed E-state index contributed by atoms with van der Waals surface area (Å²) in [5.41, 5.74) is 25.1. The van der Waals surface area contributed by atoms with Crippen molar-refractivity contribution in [1.29, 1.82) is 0 Å². The van der Waals surface area contributed by atoms with Crippen LogP contribution in [0.15, 0.2) is 12.4 Å². The van der Waals surface area contributed by atoms with E-state index in [1.807, 2.05) is 0 Å². The molecule has 2 heterocycles. The Balaban J connectivity index is 0.919. The van der Waals surface area contributed by atoms with Crippen molar-refractivity contribution >= 4 is 11.8 Å². The SMILES string of the molecule is N[C@@H]1C[C@H](N)[C@@H](OCCCc2cn(CC(=O)NCCCCCCCCCCNC(=O)Cn3cc(CCCO[C@H]4[C@H](O)[C@@H](O)[C@H](N)C[C@@H]4N)nn3)nn2)[C@H](O)[C@H]1O. The number of rotatable bonds is 25. The highest BCUT2D eigenvalue weighted by Crippen LogP contribution is 2.22. The molecule has 2 aliphatic carbocycles. The number of nitrogens with zero attached hydrogens (tertiary/aromatic N) is 6. The number of aliphatic hydroxyl groups is 4. The van der Waals surface area contributed by atoms with Crippen LogP contribution < -0.4 is 33.6 Å². The van der Waals surface area contributed by atoms with Gasteiger partial charge in [0.15, 0.2) is 0 Å². The van der Waals surface area contributed by atoms with Crippen LogP contribution in [-0.2, 0) is 45.0 Å². The number of aliphatic hydroxyl groups excluding tert-OH is 4. The molecule has 0 saturated heterocycles. The summed E-state index contributed by atoms with van der Waals surface area (Å²) in [5.74, 6) is -0.231. The van der Waals surface area contributed by atoms with Gasteiger partial charge in [-0.1, -0.05) is 49.0 Å². The summed E-state index contributed by atoms with van der Waals surface area (Å²) >= 11 is 0. The van der Waals surface area contributed by atoms with Crippen LogP contribution in [0.5, 0.6) is 0 Å². The summed E-state index contributed by atoms with van der Waals surface area (Å²) in [6, 6.07) is -2.03. The second-order valence-corrected chi connectivity index (χ2v) is 15.3. The van der Waals surface area contributed by atoms with Crippen LogP contribution in [0.1, 0.15) is 88.4 Å². The highest BCUT2D eigenvalue weighted by atomic mass is 16.5. The number of nitrogens with one attached hydrogen (secondary N) is 2. The molecule has 2 aliphatic rings. The Labute approximate surface area is 328 Å². The van der Waals surface area contributed by atoms with Crippen molar-refractivity contribution in [3.63, 3.8) is 0 Å². The van der Waals surface area contributed by atoms with Gasteiger partial charge >= 0.3 is 0 Å². The Morgan fingerprint density at radius 3 is 1.36 bits per heavy atom. The maximum atomic E-state index is 12.3. The number of aromatic nitrogens is 6. The van der Waals surface area contributed by atoms with E-state index in [4.69, 9.17) is 32.4 Å². The lowest BCUT2D eigenvalue weighted by Crippen LogP contribution is -2.62. The summed E-state index contributed by atoms with van der Waals surface area (Å²) in [6.07, 6.45) is 9.29. The highest BCUT2D eigenvalue weighted by molar-refractivity contribution is 5.75. The lowest BCUT2D eigenvalue weighted by atomic mass is 9.85. The van der Waals surface area contributed by atoms with Crippen molar-refractivity contribution in [2.45, 2.75) is 164 Å². The Morgan fingerprint density at radius 1 is 0.589 bits per heavy atom. The van der Waals surface area contributed by atoms with Crippen molar-refractivity contribution in [1.82, 2.24) is 40.6 Å². The molecule has 2 saturated carbocycles. The number of hydrogen-bond donors (Lipinski definition) is 10. The molecule has 0 bridgehead atoms. The first-order chi connectivity index (χ1) is 26.9. The number of carbonyl (C=O) groups is 2. The van der Waals surface area contributed by atoms with Crippen molar-refractivity contribution < 1.29 is 39.5 Å². The molecule has 4 rings (SSSR count). The van der Waals surface area contributed by atoms with E-state index in [2.05, 4.69) is 31.3 Å². The predicted molar refractivity (Wildman–Crippen MR) is 204 cm³/mol. The van der Waals surface area contributed by atoms with E-state index in [0.717, 1.165) is 62.8 Å². The van der Waals surface area contributed by atoms with E-state index >= 15 is 0 Å². The molecule has 14 N–H and O–H groups in total. The Bertz CT molecular complexity index is 1330. The topological polar surface area (TPSA) is 323 Å². The minimum atomic E-state index is -1.12. The smallest absolute Gasteiger partial charge is 0.241 e. The average molecular weight is 795 g/mol. The van der Waals surface area contributed by atoms with E-state index in [9.17, 15) is 30.0 Å². The third-order valence-corrected chi connectivity index (χ3v) is 10.5. The summed E-state index contributed by atoms with van der Waals surface area (Å²) in [5, 5.41) is 62.6. The van der Waals surface area contributed by atoms with Crippen molar-refractivity contribution in [3.05, 3.63) is 23.8 Å². The molecule has 0 spiro atoms. The van der Waals surface area contributed by atoms with Crippen molar-refractivity contribution in [2.24, 2.45) is 22.9 Å². The zero-order chi connectivity index (χ0) is 40.5. The van der Waals surface area contributed by atoms with Gasteiger partial charge in [0.05, 0.1) is 23.6 Å². The van der Waals surface area contributed by atoms with Gasteiger partial charge in [0.25, 0.3) is 0 Å². The third-order valence-electron chi connectivity index (χ3n) is 10.5. The van der Waals surface area contributed by atoms with E-state index in [1.165, 1.54) is 9.36 Å². The first-order valence-corrected chi connectivity index (χ1v) is 20.2. The number of ether oxygens (including phenoxy) is 2. The molecule has 20 heteroatoms. The van der Waals surface area contributed by atoms with E-state index < -0.39 is 60.8 Å². The molecule has 20 nitrogen and oxygen atoms in total. The maximum absolute atomic E-state index is 12.3. The predicted octanol–water partition coefficient (Wildman–Crippen LogP) is -2.88. The van der Waals surface area contributed by atoms with Gasteiger partial charge in [-0.15, -0.1) is 10.2 Å². The molecule has 2 fully saturated rings. The molecule has 56 heavy (non-hydrogen) atoms. The van der Waals surface area contributed by atoms with Crippen LogP contribution in [-0.4, -0.2) is 149 Å². The third kappa shape index (κ3) is 15.0. The largest absolute Gasteiger partial charge is 0.389 e. The highest BCUT2D eigenvalue weighted by Gasteiger charge is 2.42. The van der Waals surface area contributed by atoms with Gasteiger partial charge in [-0.3, -0.25) is 9.59 Å². The number of aryl methyl sites for hydroxylation is 2. The van der Waals surface area contributed by atoms with Crippen molar-refractivity contribution in [2.75, 3.05) is 26.3 Å². The molecule has 318 valence electrons. The van der Waals surface area contributed by atoms with Gasteiger partial charge in [-0.2, -0.15) is 0 Å². The molecule has 2 aromatic heterocycles. The van der Waals surface area contributed by atoms with E-state index in [1.54, 1.807) is 12.4 Å². The van der Waals surface area contributed by atoms with Gasteiger partial charge in [-0.25, -0.2) is 9.36 Å². The summed E-state index contributed by atoms with van der Waals surface area (Å²) in [6.45, 7) is 2.08. The Kier molecular flexibility index (Phi) is 19.4.